The van der Waals surface area contributed by atoms with Crippen molar-refractivity contribution in [1.82, 2.24) is 10.6 Å². The summed E-state index contributed by atoms with van der Waals surface area (Å²) in [6.07, 6.45) is 18.3. The van der Waals surface area contributed by atoms with Crippen LogP contribution < -0.4 is 10.6 Å². The number of carbonyl (C=O) groups is 1. The molecule has 1 aromatic carbocycles. The monoisotopic (exact) mass is 632 g/mol. The molecule has 0 spiro atoms. The van der Waals surface area contributed by atoms with Gasteiger partial charge in [-0.05, 0) is 105 Å². The Hall–Kier alpha value is -2.78. The van der Waals surface area contributed by atoms with E-state index < -0.39 is 0 Å². The summed E-state index contributed by atoms with van der Waals surface area (Å²) in [5.74, 6) is 2.96. The van der Waals surface area contributed by atoms with Gasteiger partial charge in [-0.2, -0.15) is 0 Å². The Morgan fingerprint density at radius 2 is 1.82 bits per heavy atom. The maximum atomic E-state index is 12.2. The van der Waals surface area contributed by atoms with E-state index in [-0.39, 0.29) is 23.7 Å². The predicted octanol–water partition coefficient (Wildman–Crippen LogP) is 10.8. The van der Waals surface area contributed by atoms with Crippen LogP contribution in [0.25, 0.3) is 0 Å². The molecular weight excluding hydrogens is 572 g/mol. The van der Waals surface area contributed by atoms with E-state index in [2.05, 4.69) is 108 Å². The molecule has 1 aromatic rings. The first-order valence-electron chi connectivity index (χ1n) is 17.1. The van der Waals surface area contributed by atoms with Crippen LogP contribution in [0.5, 0.6) is 0 Å². The number of allylic oxidation sites excluding steroid dienone is 6. The Labute approximate surface area is 281 Å². The second-order valence-corrected chi connectivity index (χ2v) is 14.6. The summed E-state index contributed by atoms with van der Waals surface area (Å²) in [4.78, 5) is 12.2. The molecule has 0 aliphatic heterocycles. The number of hydrogen-bond acceptors (Lipinski definition) is 3. The molecular formula is C41H61ClN2O. The van der Waals surface area contributed by atoms with Crippen molar-refractivity contribution >= 4 is 17.4 Å². The number of carbonyl (C=O) groups excluding carboxylic acids is 1. The van der Waals surface area contributed by atoms with Gasteiger partial charge < -0.3 is 10.6 Å². The van der Waals surface area contributed by atoms with Crippen molar-refractivity contribution in [3.63, 3.8) is 0 Å². The molecule has 0 fully saturated rings. The van der Waals surface area contributed by atoms with Gasteiger partial charge in [0.25, 0.3) is 0 Å². The van der Waals surface area contributed by atoms with Crippen molar-refractivity contribution in [2.24, 2.45) is 35.5 Å². The zero-order chi connectivity index (χ0) is 33.5. The van der Waals surface area contributed by atoms with Crippen LogP contribution in [0.15, 0.2) is 96.9 Å². The number of benzene rings is 1. The first-order valence-corrected chi connectivity index (χ1v) is 17.5. The molecule has 6 atom stereocenters. The highest BCUT2D eigenvalue weighted by Crippen LogP contribution is 2.28. The molecule has 0 amide bonds. The Bertz CT molecular complexity index is 1220. The second kappa shape index (κ2) is 19.7. The van der Waals surface area contributed by atoms with Crippen molar-refractivity contribution in [2.45, 2.75) is 99.5 Å². The zero-order valence-corrected chi connectivity index (χ0v) is 30.1. The average molecular weight is 633 g/mol. The van der Waals surface area contributed by atoms with Gasteiger partial charge in [0.15, 0.2) is 0 Å². The maximum absolute atomic E-state index is 12.2. The highest BCUT2D eigenvalue weighted by molar-refractivity contribution is 6.30. The molecule has 4 heteroatoms. The van der Waals surface area contributed by atoms with Gasteiger partial charge in [0.2, 0.25) is 0 Å². The van der Waals surface area contributed by atoms with Gasteiger partial charge in [-0.15, -0.1) is 0 Å². The number of ketones is 1. The van der Waals surface area contributed by atoms with E-state index in [1.807, 2.05) is 18.2 Å². The largest absolute Gasteiger partial charge is 0.387 e. The molecule has 0 aromatic heterocycles. The van der Waals surface area contributed by atoms with Crippen LogP contribution in [0, 0.1) is 35.5 Å². The van der Waals surface area contributed by atoms with Crippen LogP contribution in [0.2, 0.25) is 5.02 Å². The highest BCUT2D eigenvalue weighted by Gasteiger charge is 2.21. The second-order valence-electron chi connectivity index (χ2n) is 14.2. The number of nitrogens with one attached hydrogen (secondary N) is 2. The average Bonchev–Trinajstić information content (AvgIpc) is 2.97. The lowest BCUT2D eigenvalue weighted by Gasteiger charge is -2.26. The topological polar surface area (TPSA) is 41.1 Å². The number of rotatable bonds is 21. The molecule has 45 heavy (non-hydrogen) atoms. The minimum atomic E-state index is -0.0644. The Morgan fingerprint density at radius 3 is 2.44 bits per heavy atom. The summed E-state index contributed by atoms with van der Waals surface area (Å²) < 4.78 is 0. The molecule has 3 nitrogen and oxygen atoms in total. The molecule has 248 valence electrons. The smallest absolute Gasteiger partial charge is 0.133 e. The molecule has 0 saturated carbocycles. The van der Waals surface area contributed by atoms with Crippen LogP contribution in [0.4, 0.5) is 0 Å². The van der Waals surface area contributed by atoms with Crippen molar-refractivity contribution in [3.8, 4) is 0 Å². The summed E-state index contributed by atoms with van der Waals surface area (Å²) in [6.45, 7) is 29.0. The van der Waals surface area contributed by atoms with Crippen LogP contribution in [0.3, 0.4) is 0 Å². The summed E-state index contributed by atoms with van der Waals surface area (Å²) in [6, 6.07) is 7.92. The summed E-state index contributed by atoms with van der Waals surface area (Å²) >= 11 is 6.31. The van der Waals surface area contributed by atoms with Crippen molar-refractivity contribution < 1.29 is 4.79 Å². The summed E-state index contributed by atoms with van der Waals surface area (Å²) in [5, 5.41) is 7.90. The van der Waals surface area contributed by atoms with E-state index in [0.717, 1.165) is 66.1 Å². The third kappa shape index (κ3) is 14.9. The van der Waals surface area contributed by atoms with Gasteiger partial charge >= 0.3 is 0 Å². The normalized spacial score (nSPS) is 18.2. The van der Waals surface area contributed by atoms with E-state index in [4.69, 9.17) is 11.6 Å². The quantitative estimate of drug-likeness (QED) is 0.105. The van der Waals surface area contributed by atoms with E-state index in [1.165, 1.54) is 12.0 Å². The Kier molecular flexibility index (Phi) is 16.8. The molecule has 0 saturated heterocycles. The SMILES string of the molecule is C=C(/C=C/CCC(C)C(C)CC1=CCC(C)C=C1)N[C@H](Cc1cccc(Cl)c1)C(=C)NCC(C)C(=C)CC(CC(C)C)C(C)=O. The molecule has 1 aliphatic rings. The molecule has 0 radical (unpaired) electrons. The fourth-order valence-electron chi connectivity index (χ4n) is 5.83. The van der Waals surface area contributed by atoms with Gasteiger partial charge in [0, 0.05) is 28.9 Å². The van der Waals surface area contributed by atoms with Crippen LogP contribution >= 0.6 is 11.6 Å². The van der Waals surface area contributed by atoms with Crippen LogP contribution in [0.1, 0.15) is 92.6 Å². The third-order valence-corrected chi connectivity index (χ3v) is 9.54. The minimum absolute atomic E-state index is 0.0389. The maximum Gasteiger partial charge on any atom is 0.133 e. The van der Waals surface area contributed by atoms with Gasteiger partial charge in [0.05, 0.1) is 6.04 Å². The van der Waals surface area contributed by atoms with Gasteiger partial charge in [-0.1, -0.05) is 120 Å². The number of halogens is 1. The molecule has 0 heterocycles. The lowest BCUT2D eigenvalue weighted by atomic mass is 9.84. The number of hydrogen-bond donors (Lipinski definition) is 2. The lowest BCUT2D eigenvalue weighted by Crippen LogP contribution is -2.38. The van der Waals surface area contributed by atoms with Gasteiger partial charge in [0.1, 0.15) is 5.78 Å². The molecule has 2 N–H and O–H groups in total. The van der Waals surface area contributed by atoms with Gasteiger partial charge in [-0.25, -0.2) is 0 Å². The first-order chi connectivity index (χ1) is 21.2. The molecule has 2 rings (SSSR count). The van der Waals surface area contributed by atoms with E-state index >= 15 is 0 Å². The van der Waals surface area contributed by atoms with Crippen LogP contribution in [-0.2, 0) is 11.2 Å². The molecule has 0 bridgehead atoms. The van der Waals surface area contributed by atoms with Crippen molar-refractivity contribution in [3.05, 3.63) is 108 Å². The number of Topliss-reactive ketones (excluding diaryl/α,β-unsaturated/α-hetero) is 1. The van der Waals surface area contributed by atoms with Crippen LogP contribution in [-0.4, -0.2) is 18.4 Å². The Morgan fingerprint density at radius 1 is 1.09 bits per heavy atom. The molecule has 1 aliphatic carbocycles. The lowest BCUT2D eigenvalue weighted by molar-refractivity contribution is -0.121. The zero-order valence-electron chi connectivity index (χ0n) is 29.3. The highest BCUT2D eigenvalue weighted by atomic mass is 35.5. The standard InChI is InChI=1S/C41H61ClN2O/c1-28(2)22-39(36(10)45)24-32(6)33(7)27-43-35(9)41(26-38-16-13-17-40(42)25-38)44-34(8)15-12-11-14-30(4)31(5)23-37-20-18-29(3)19-21-37/h12-13,15-18,20-21,25,28-31,33,39,41,43-44H,6,8-9,11,14,19,22-24,26-27H2,1-5,7,10H3/b15-12+/t29?,30?,31?,33?,39?,41-/m1/s1. The Balaban J connectivity index is 1.94. The summed E-state index contributed by atoms with van der Waals surface area (Å²) in [7, 11) is 0. The molecule has 5 unspecified atom stereocenters. The predicted molar refractivity (Wildman–Crippen MR) is 197 cm³/mol. The van der Waals surface area contributed by atoms with Crippen molar-refractivity contribution in [2.75, 3.05) is 6.54 Å². The third-order valence-electron chi connectivity index (χ3n) is 9.31. The van der Waals surface area contributed by atoms with E-state index in [0.29, 0.717) is 30.2 Å². The fraction of sp³-hybridized carbons (Fsp3) is 0.537. The van der Waals surface area contributed by atoms with Gasteiger partial charge in [-0.3, -0.25) is 4.79 Å². The van der Waals surface area contributed by atoms with Crippen molar-refractivity contribution in [1.29, 1.82) is 0 Å². The summed E-state index contributed by atoms with van der Waals surface area (Å²) in [5.41, 5.74) is 5.50. The fourth-order valence-corrected chi connectivity index (χ4v) is 6.04. The van der Waals surface area contributed by atoms with E-state index in [1.54, 1.807) is 6.92 Å². The minimum Gasteiger partial charge on any atom is -0.387 e. The van der Waals surface area contributed by atoms with E-state index in [9.17, 15) is 4.79 Å². The first kappa shape index (κ1) is 38.4.